The highest BCUT2D eigenvalue weighted by molar-refractivity contribution is 7.91. The Bertz CT molecular complexity index is 577. The molecule has 0 aromatic carbocycles. The molecule has 1 unspecified atom stereocenters. The van der Waals surface area contributed by atoms with Crippen LogP contribution in [0.15, 0.2) is 6.33 Å². The Hall–Kier alpha value is -0.950. The maximum atomic E-state index is 11.7. The van der Waals surface area contributed by atoms with Crippen molar-refractivity contribution in [3.63, 3.8) is 0 Å². The molecule has 1 aromatic heterocycles. The van der Waals surface area contributed by atoms with Crippen molar-refractivity contribution in [3.05, 3.63) is 12.2 Å². The van der Waals surface area contributed by atoms with E-state index in [1.165, 1.54) is 0 Å². The van der Waals surface area contributed by atoms with Gasteiger partial charge in [0.1, 0.15) is 12.2 Å². The standard InChI is InChI=1S/C13H22N4O2S/c1-2-4-17-12(15-10-16-17)6-13(8-14-9-13)11-3-5-20(18,19)7-11/h10-11,14H,2-9H2,1H3. The molecule has 3 heterocycles. The minimum atomic E-state index is -2.82. The summed E-state index contributed by atoms with van der Waals surface area (Å²) in [5.74, 6) is 1.95. The SMILES string of the molecule is CCCn1ncnc1CC1(C2CCS(=O)(=O)C2)CNC1. The first-order chi connectivity index (χ1) is 9.55. The smallest absolute Gasteiger partial charge is 0.150 e. The van der Waals surface area contributed by atoms with Gasteiger partial charge in [0.15, 0.2) is 9.84 Å². The fourth-order valence-electron chi connectivity index (χ4n) is 3.42. The zero-order valence-corrected chi connectivity index (χ0v) is 12.7. The number of aryl methyl sites for hydroxylation is 1. The average Bonchev–Trinajstić information content (AvgIpc) is 2.91. The third-order valence-corrected chi connectivity index (χ3v) is 6.46. The van der Waals surface area contributed by atoms with Crippen molar-refractivity contribution in [1.29, 1.82) is 0 Å². The first-order valence-electron chi connectivity index (χ1n) is 7.32. The van der Waals surface area contributed by atoms with Gasteiger partial charge in [-0.15, -0.1) is 0 Å². The lowest BCUT2D eigenvalue weighted by Crippen LogP contribution is -2.59. The molecule has 20 heavy (non-hydrogen) atoms. The van der Waals surface area contributed by atoms with E-state index >= 15 is 0 Å². The van der Waals surface area contributed by atoms with Crippen LogP contribution in [0.25, 0.3) is 0 Å². The molecular weight excluding hydrogens is 276 g/mol. The third kappa shape index (κ3) is 2.48. The second kappa shape index (κ2) is 5.11. The Kier molecular flexibility index (Phi) is 3.58. The number of sulfone groups is 1. The Balaban J connectivity index is 1.78. The zero-order chi connectivity index (χ0) is 14.2. The minimum Gasteiger partial charge on any atom is -0.315 e. The highest BCUT2D eigenvalue weighted by Gasteiger charge is 2.49. The van der Waals surface area contributed by atoms with Crippen molar-refractivity contribution in [1.82, 2.24) is 20.1 Å². The van der Waals surface area contributed by atoms with E-state index < -0.39 is 9.84 Å². The van der Waals surface area contributed by atoms with Crippen LogP contribution in [0.1, 0.15) is 25.6 Å². The van der Waals surface area contributed by atoms with Gasteiger partial charge in [0.05, 0.1) is 11.5 Å². The summed E-state index contributed by atoms with van der Waals surface area (Å²) in [6, 6.07) is 0. The highest BCUT2D eigenvalue weighted by Crippen LogP contribution is 2.41. The van der Waals surface area contributed by atoms with Crippen molar-refractivity contribution in [2.24, 2.45) is 11.3 Å². The van der Waals surface area contributed by atoms with Crippen molar-refractivity contribution >= 4 is 9.84 Å². The van der Waals surface area contributed by atoms with Crippen LogP contribution in [0.3, 0.4) is 0 Å². The lowest BCUT2D eigenvalue weighted by molar-refractivity contribution is 0.0882. The van der Waals surface area contributed by atoms with Crippen LogP contribution in [-0.2, 0) is 22.8 Å². The number of rotatable bonds is 5. The molecule has 2 fully saturated rings. The van der Waals surface area contributed by atoms with Gasteiger partial charge in [-0.3, -0.25) is 4.68 Å². The molecule has 2 aliphatic heterocycles. The van der Waals surface area contributed by atoms with Gasteiger partial charge in [0, 0.05) is 31.5 Å². The van der Waals surface area contributed by atoms with Gasteiger partial charge >= 0.3 is 0 Å². The van der Waals surface area contributed by atoms with E-state index in [1.54, 1.807) is 6.33 Å². The predicted octanol–water partition coefficient (Wildman–Crippen LogP) is 0.255. The van der Waals surface area contributed by atoms with Gasteiger partial charge in [-0.05, 0) is 18.8 Å². The molecular formula is C13H22N4O2S. The van der Waals surface area contributed by atoms with E-state index in [9.17, 15) is 8.42 Å². The number of nitrogens with one attached hydrogen (secondary N) is 1. The first kappa shape index (κ1) is 14.0. The summed E-state index contributed by atoms with van der Waals surface area (Å²) in [5.41, 5.74) is 0.0576. The van der Waals surface area contributed by atoms with E-state index in [0.717, 1.165) is 44.7 Å². The normalized spacial score (nSPS) is 27.4. The minimum absolute atomic E-state index is 0.0576. The summed E-state index contributed by atoms with van der Waals surface area (Å²) < 4.78 is 25.5. The molecule has 1 N–H and O–H groups in total. The molecule has 7 heteroatoms. The number of aromatic nitrogens is 3. The van der Waals surface area contributed by atoms with Crippen molar-refractivity contribution < 1.29 is 8.42 Å². The second-order valence-electron chi connectivity index (χ2n) is 6.14. The molecule has 1 aromatic rings. The maximum absolute atomic E-state index is 11.7. The van der Waals surface area contributed by atoms with Gasteiger partial charge in [-0.1, -0.05) is 6.92 Å². The number of hydrogen-bond acceptors (Lipinski definition) is 5. The molecule has 0 spiro atoms. The molecule has 112 valence electrons. The molecule has 6 nitrogen and oxygen atoms in total. The Morgan fingerprint density at radius 2 is 2.30 bits per heavy atom. The fraction of sp³-hybridized carbons (Fsp3) is 0.846. The molecule has 0 bridgehead atoms. The third-order valence-electron chi connectivity index (χ3n) is 4.69. The molecule has 0 amide bonds. The zero-order valence-electron chi connectivity index (χ0n) is 11.9. The van der Waals surface area contributed by atoms with Gasteiger partial charge in [0.2, 0.25) is 0 Å². The molecule has 0 radical (unpaired) electrons. The van der Waals surface area contributed by atoms with Crippen LogP contribution >= 0.6 is 0 Å². The largest absolute Gasteiger partial charge is 0.315 e. The van der Waals surface area contributed by atoms with Gasteiger partial charge < -0.3 is 5.32 Å². The Morgan fingerprint density at radius 1 is 1.50 bits per heavy atom. The van der Waals surface area contributed by atoms with Crippen molar-refractivity contribution in [3.8, 4) is 0 Å². The summed E-state index contributed by atoms with van der Waals surface area (Å²) in [7, 11) is -2.82. The average molecular weight is 298 g/mol. The summed E-state index contributed by atoms with van der Waals surface area (Å²) in [6.45, 7) is 4.79. The van der Waals surface area contributed by atoms with E-state index in [-0.39, 0.29) is 11.3 Å². The lowest BCUT2D eigenvalue weighted by atomic mass is 9.68. The second-order valence-corrected chi connectivity index (χ2v) is 8.37. The van der Waals surface area contributed by atoms with Crippen LogP contribution in [0.4, 0.5) is 0 Å². The number of nitrogens with zero attached hydrogens (tertiary/aromatic N) is 3. The summed E-state index contributed by atoms with van der Waals surface area (Å²) in [4.78, 5) is 4.38. The Labute approximate surface area is 119 Å². The molecule has 1 atom stereocenters. The Morgan fingerprint density at radius 3 is 2.85 bits per heavy atom. The van der Waals surface area contributed by atoms with Gasteiger partial charge in [-0.25, -0.2) is 13.4 Å². The van der Waals surface area contributed by atoms with Crippen LogP contribution in [-0.4, -0.2) is 47.8 Å². The molecule has 2 aliphatic rings. The van der Waals surface area contributed by atoms with Crippen LogP contribution < -0.4 is 5.32 Å². The van der Waals surface area contributed by atoms with Gasteiger partial charge in [0.25, 0.3) is 0 Å². The van der Waals surface area contributed by atoms with Gasteiger partial charge in [-0.2, -0.15) is 5.10 Å². The monoisotopic (exact) mass is 298 g/mol. The maximum Gasteiger partial charge on any atom is 0.150 e. The van der Waals surface area contributed by atoms with E-state index in [0.29, 0.717) is 11.5 Å². The van der Waals surface area contributed by atoms with Crippen molar-refractivity contribution in [2.75, 3.05) is 24.6 Å². The van der Waals surface area contributed by atoms with Crippen LogP contribution in [0.2, 0.25) is 0 Å². The summed E-state index contributed by atoms with van der Waals surface area (Å²) >= 11 is 0. The summed E-state index contributed by atoms with van der Waals surface area (Å²) in [5, 5.41) is 7.59. The van der Waals surface area contributed by atoms with Crippen LogP contribution in [0.5, 0.6) is 0 Å². The first-order valence-corrected chi connectivity index (χ1v) is 9.15. The predicted molar refractivity (Wildman–Crippen MR) is 76.1 cm³/mol. The molecule has 0 aliphatic carbocycles. The topological polar surface area (TPSA) is 76.9 Å². The molecule has 3 rings (SSSR count). The molecule has 2 saturated heterocycles. The van der Waals surface area contributed by atoms with Crippen LogP contribution in [0, 0.1) is 11.3 Å². The van der Waals surface area contributed by atoms with E-state index in [1.807, 2.05) is 4.68 Å². The summed E-state index contributed by atoms with van der Waals surface area (Å²) in [6.07, 6.45) is 4.27. The van der Waals surface area contributed by atoms with E-state index in [2.05, 4.69) is 22.3 Å². The fourth-order valence-corrected chi connectivity index (χ4v) is 5.36. The number of hydrogen-bond donors (Lipinski definition) is 1. The molecule has 0 saturated carbocycles. The quantitative estimate of drug-likeness (QED) is 0.843. The highest BCUT2D eigenvalue weighted by atomic mass is 32.2. The van der Waals surface area contributed by atoms with Crippen molar-refractivity contribution in [2.45, 2.75) is 32.7 Å². The van der Waals surface area contributed by atoms with E-state index in [4.69, 9.17) is 0 Å². The lowest BCUT2D eigenvalue weighted by Gasteiger charge is -2.46.